The van der Waals surface area contributed by atoms with Crippen LogP contribution in [0, 0.1) is 0 Å². The molecule has 0 radical (unpaired) electrons. The SMILES string of the molecule is CC1(C)c2ccccc2-c2ccc(N(c3ccccc3)c3cccc4c3Oc3cc5ccccc5cc3-c3cccc(-c5ccc6ccccc6c5)c3-4)cc21. The second kappa shape index (κ2) is 12.1. The van der Waals surface area contributed by atoms with Crippen LogP contribution in [-0.4, -0.2) is 0 Å². The number of nitrogens with zero attached hydrogens (tertiary/aromatic N) is 1. The highest BCUT2D eigenvalue weighted by Crippen LogP contribution is 2.56. The second-order valence-corrected chi connectivity index (χ2v) is 15.3. The Balaban J connectivity index is 1.19. The molecule has 0 N–H and O–H groups in total. The molecule has 0 unspecified atom stereocenters. The van der Waals surface area contributed by atoms with E-state index in [2.05, 4.69) is 207 Å². The molecule has 0 fully saturated rings. The summed E-state index contributed by atoms with van der Waals surface area (Å²) < 4.78 is 7.35. The maximum absolute atomic E-state index is 7.35. The lowest BCUT2D eigenvalue weighted by molar-refractivity contribution is 0.489. The van der Waals surface area contributed by atoms with Crippen molar-refractivity contribution in [2.24, 2.45) is 0 Å². The van der Waals surface area contributed by atoms with Crippen LogP contribution in [0.1, 0.15) is 25.0 Å². The topological polar surface area (TPSA) is 12.5 Å². The van der Waals surface area contributed by atoms with Gasteiger partial charge in [0.05, 0.1) is 5.69 Å². The first-order valence-electron chi connectivity index (χ1n) is 19.1. The lowest BCUT2D eigenvalue weighted by Crippen LogP contribution is -2.16. The summed E-state index contributed by atoms with van der Waals surface area (Å²) in [7, 11) is 0. The van der Waals surface area contributed by atoms with E-state index in [0.717, 1.165) is 50.6 Å². The smallest absolute Gasteiger partial charge is 0.159 e. The van der Waals surface area contributed by atoms with E-state index in [9.17, 15) is 0 Å². The number of hydrogen-bond acceptors (Lipinski definition) is 2. The van der Waals surface area contributed by atoms with E-state index in [1.54, 1.807) is 0 Å². The predicted molar refractivity (Wildman–Crippen MR) is 230 cm³/mol. The molecule has 0 saturated carbocycles. The van der Waals surface area contributed by atoms with Crippen LogP contribution in [-0.2, 0) is 5.41 Å². The molecular weight excluding hydrogens is 667 g/mol. The lowest BCUT2D eigenvalue weighted by Gasteiger charge is -2.30. The number of hydrogen-bond donors (Lipinski definition) is 0. The average Bonchev–Trinajstić information content (AvgIpc) is 3.36. The summed E-state index contributed by atoms with van der Waals surface area (Å²) in [5, 5.41) is 4.79. The highest BCUT2D eigenvalue weighted by molar-refractivity contribution is 6.05. The fraction of sp³-hybridized carbons (Fsp3) is 0.0566. The molecule has 9 aromatic rings. The molecule has 0 amide bonds. The minimum absolute atomic E-state index is 0.137. The summed E-state index contributed by atoms with van der Waals surface area (Å²) in [4.78, 5) is 2.38. The zero-order chi connectivity index (χ0) is 36.7. The molecule has 0 bridgehead atoms. The third kappa shape index (κ3) is 4.88. The van der Waals surface area contributed by atoms with Crippen molar-refractivity contribution < 1.29 is 4.74 Å². The Bertz CT molecular complexity index is 2990. The summed E-state index contributed by atoms with van der Waals surface area (Å²) in [6.07, 6.45) is 0. The van der Waals surface area contributed by atoms with E-state index < -0.39 is 0 Å². The number of ether oxygens (including phenoxy) is 1. The second-order valence-electron chi connectivity index (χ2n) is 15.3. The molecule has 1 aliphatic heterocycles. The highest BCUT2D eigenvalue weighted by atomic mass is 16.5. The van der Waals surface area contributed by atoms with Crippen molar-refractivity contribution in [1.82, 2.24) is 0 Å². The van der Waals surface area contributed by atoms with Crippen molar-refractivity contribution in [3.8, 4) is 56.0 Å². The van der Waals surface area contributed by atoms with E-state index >= 15 is 0 Å². The molecule has 11 rings (SSSR count). The van der Waals surface area contributed by atoms with Gasteiger partial charge < -0.3 is 9.64 Å². The van der Waals surface area contributed by atoms with Gasteiger partial charge in [-0.05, 0) is 109 Å². The van der Waals surface area contributed by atoms with E-state index in [1.165, 1.54) is 55.1 Å². The monoisotopic (exact) mass is 703 g/mol. The third-order valence-electron chi connectivity index (χ3n) is 11.8. The molecule has 0 atom stereocenters. The Kier molecular flexibility index (Phi) is 6.93. The maximum Gasteiger partial charge on any atom is 0.159 e. The minimum atomic E-state index is -0.137. The largest absolute Gasteiger partial charge is 0.454 e. The predicted octanol–water partition coefficient (Wildman–Crippen LogP) is 14.9. The molecule has 1 heterocycles. The molecule has 0 aromatic heterocycles. The van der Waals surface area contributed by atoms with Gasteiger partial charge in [-0.3, -0.25) is 0 Å². The molecule has 2 nitrogen and oxygen atoms in total. The van der Waals surface area contributed by atoms with E-state index in [4.69, 9.17) is 4.74 Å². The van der Waals surface area contributed by atoms with Gasteiger partial charge in [-0.15, -0.1) is 0 Å². The quantitative estimate of drug-likeness (QED) is 0.181. The van der Waals surface area contributed by atoms with Gasteiger partial charge in [-0.2, -0.15) is 0 Å². The molecule has 0 saturated heterocycles. The van der Waals surface area contributed by atoms with Crippen LogP contribution in [0.15, 0.2) is 188 Å². The Morgan fingerprint density at radius 2 is 1.04 bits per heavy atom. The van der Waals surface area contributed by atoms with Gasteiger partial charge in [0.1, 0.15) is 5.75 Å². The Morgan fingerprint density at radius 3 is 1.87 bits per heavy atom. The van der Waals surface area contributed by atoms with Gasteiger partial charge in [-0.1, -0.05) is 153 Å². The zero-order valence-corrected chi connectivity index (χ0v) is 30.8. The number of para-hydroxylation sites is 2. The molecular formula is C53H37NO. The minimum Gasteiger partial charge on any atom is -0.454 e. The highest BCUT2D eigenvalue weighted by Gasteiger charge is 2.36. The first-order chi connectivity index (χ1) is 27.0. The molecule has 0 spiro atoms. The van der Waals surface area contributed by atoms with E-state index in [0.29, 0.717) is 0 Å². The van der Waals surface area contributed by atoms with Crippen LogP contribution in [0.3, 0.4) is 0 Å². The van der Waals surface area contributed by atoms with Crippen molar-refractivity contribution in [2.75, 3.05) is 4.90 Å². The van der Waals surface area contributed by atoms with Crippen molar-refractivity contribution in [1.29, 1.82) is 0 Å². The fourth-order valence-electron chi connectivity index (χ4n) is 9.13. The van der Waals surface area contributed by atoms with Crippen molar-refractivity contribution in [3.63, 3.8) is 0 Å². The lowest BCUT2D eigenvalue weighted by atomic mass is 9.82. The summed E-state index contributed by atoms with van der Waals surface area (Å²) in [5.41, 5.74) is 15.1. The van der Waals surface area contributed by atoms with E-state index in [1.807, 2.05) is 0 Å². The van der Waals surface area contributed by atoms with E-state index in [-0.39, 0.29) is 5.41 Å². The summed E-state index contributed by atoms with van der Waals surface area (Å²) >= 11 is 0. The molecule has 55 heavy (non-hydrogen) atoms. The van der Waals surface area contributed by atoms with Gasteiger partial charge in [-0.25, -0.2) is 0 Å². The van der Waals surface area contributed by atoms with Crippen molar-refractivity contribution in [3.05, 3.63) is 199 Å². The first-order valence-corrected chi connectivity index (χ1v) is 19.1. The number of fused-ring (bicyclic) bond motifs is 10. The van der Waals surface area contributed by atoms with Gasteiger partial charge in [0.15, 0.2) is 5.75 Å². The zero-order valence-electron chi connectivity index (χ0n) is 30.8. The van der Waals surface area contributed by atoms with Gasteiger partial charge in [0, 0.05) is 33.5 Å². The number of rotatable bonds is 4. The molecule has 2 heteroatoms. The van der Waals surface area contributed by atoms with Crippen LogP contribution in [0.4, 0.5) is 17.1 Å². The summed E-state index contributed by atoms with van der Waals surface area (Å²) in [6.45, 7) is 4.69. The Labute approximate surface area is 321 Å². The van der Waals surface area contributed by atoms with Gasteiger partial charge >= 0.3 is 0 Å². The Hall–Kier alpha value is -6.90. The van der Waals surface area contributed by atoms with Crippen molar-refractivity contribution in [2.45, 2.75) is 19.3 Å². The first kappa shape index (κ1) is 31.6. The summed E-state index contributed by atoms with van der Waals surface area (Å²) in [6, 6.07) is 68.4. The van der Waals surface area contributed by atoms with Crippen LogP contribution < -0.4 is 9.64 Å². The van der Waals surface area contributed by atoms with Crippen LogP contribution in [0.25, 0.3) is 66.1 Å². The molecule has 9 aromatic carbocycles. The van der Waals surface area contributed by atoms with Crippen LogP contribution >= 0.6 is 0 Å². The number of anilines is 3. The van der Waals surface area contributed by atoms with Crippen LogP contribution in [0.5, 0.6) is 11.5 Å². The average molecular weight is 704 g/mol. The molecule has 1 aliphatic carbocycles. The summed E-state index contributed by atoms with van der Waals surface area (Å²) in [5.74, 6) is 1.68. The molecule has 2 aliphatic rings. The Morgan fingerprint density at radius 1 is 0.400 bits per heavy atom. The van der Waals surface area contributed by atoms with Gasteiger partial charge in [0.25, 0.3) is 0 Å². The maximum atomic E-state index is 7.35. The van der Waals surface area contributed by atoms with Crippen molar-refractivity contribution >= 4 is 38.6 Å². The standard InChI is InChI=1S/C53H37NO/c1-53(2)47-24-11-10-20-42(47)43-29-28-40(33-48(43)53)54(39-18-4-3-5-19-39)49-25-13-23-45-51-41(38-27-26-34-14-6-7-15-35(34)30-38)21-12-22-44(51)46-31-36-16-8-9-17-37(36)32-50(46)55-52(45)49/h3-33H,1-2H3. The normalized spacial score (nSPS) is 13.2. The third-order valence-corrected chi connectivity index (χ3v) is 11.8. The molecule has 260 valence electrons. The van der Waals surface area contributed by atoms with Crippen LogP contribution in [0.2, 0.25) is 0 Å². The van der Waals surface area contributed by atoms with Gasteiger partial charge in [0.2, 0.25) is 0 Å². The fourth-order valence-corrected chi connectivity index (χ4v) is 9.13. The number of benzene rings is 9.